The molecule has 50 heavy (non-hydrogen) atoms. The zero-order valence-electron chi connectivity index (χ0n) is 31.4. The number of nitrogens with two attached hydrogens (primary N) is 1. The monoisotopic (exact) mass is 709 g/mol. The molecule has 0 saturated carbocycles. The van der Waals surface area contributed by atoms with Crippen LogP contribution in [0.5, 0.6) is 11.5 Å². The molecule has 0 aliphatic carbocycles. The molecule has 3 N–H and O–H groups in total. The molecule has 284 valence electrons. The highest BCUT2D eigenvalue weighted by Crippen LogP contribution is 2.36. The minimum Gasteiger partial charge on any atom is -0.493 e. The molecular formula is C36H59N3O11. The highest BCUT2D eigenvalue weighted by molar-refractivity contribution is 5.83. The van der Waals surface area contributed by atoms with Gasteiger partial charge in [-0.1, -0.05) is 40.7 Å². The number of ether oxygens (including phenoxy) is 7. The maximum absolute atomic E-state index is 13.5. The van der Waals surface area contributed by atoms with Crippen LogP contribution in [-0.2, 0) is 39.7 Å². The first-order chi connectivity index (χ1) is 23.6. The fraction of sp³-hybridized carbons (Fsp3) is 0.722. The summed E-state index contributed by atoms with van der Waals surface area (Å²) in [4.78, 5) is 51.9. The zero-order chi connectivity index (χ0) is 37.6. The van der Waals surface area contributed by atoms with Crippen LogP contribution < -0.4 is 20.5 Å². The first-order valence-corrected chi connectivity index (χ1v) is 17.4. The minimum absolute atomic E-state index is 0.0589. The van der Waals surface area contributed by atoms with Gasteiger partial charge in [0.1, 0.15) is 6.73 Å². The van der Waals surface area contributed by atoms with Crippen LogP contribution in [0, 0.1) is 29.1 Å². The van der Waals surface area contributed by atoms with Crippen molar-refractivity contribution >= 4 is 24.1 Å². The number of nitrogens with one attached hydrogen (secondary N) is 1. The van der Waals surface area contributed by atoms with Crippen LogP contribution in [0.3, 0.4) is 0 Å². The van der Waals surface area contributed by atoms with Gasteiger partial charge < -0.3 is 44.2 Å². The molecule has 1 fully saturated rings. The third kappa shape index (κ3) is 12.5. The molecule has 14 heteroatoms. The molecule has 0 radical (unpaired) electrons. The van der Waals surface area contributed by atoms with Crippen molar-refractivity contribution in [3.05, 3.63) is 23.8 Å². The number of methoxy groups -OCH3 is 2. The molecule has 1 aromatic rings. The van der Waals surface area contributed by atoms with E-state index in [-0.39, 0.29) is 43.5 Å². The predicted octanol–water partition coefficient (Wildman–Crippen LogP) is 5.25. The minimum atomic E-state index is -0.948. The lowest BCUT2D eigenvalue weighted by molar-refractivity contribution is -0.130. The Hall–Kier alpha value is -3.78. The molecule has 0 bridgehead atoms. The van der Waals surface area contributed by atoms with Crippen LogP contribution in [0.2, 0.25) is 0 Å². The lowest BCUT2D eigenvalue weighted by Crippen LogP contribution is -2.47. The van der Waals surface area contributed by atoms with Crippen LogP contribution in [-0.4, -0.2) is 88.3 Å². The van der Waals surface area contributed by atoms with Crippen LogP contribution in [0.4, 0.5) is 9.59 Å². The first-order valence-electron chi connectivity index (χ1n) is 17.4. The summed E-state index contributed by atoms with van der Waals surface area (Å²) < 4.78 is 38.2. The Morgan fingerprint density at radius 3 is 2.26 bits per heavy atom. The van der Waals surface area contributed by atoms with Crippen molar-refractivity contribution in [1.29, 1.82) is 0 Å². The number of carbonyl (C=O) groups excluding carboxylic acids is 4. The molecule has 1 aliphatic rings. The summed E-state index contributed by atoms with van der Waals surface area (Å²) in [7, 11) is 3.18. The first kappa shape index (κ1) is 42.4. The van der Waals surface area contributed by atoms with Crippen molar-refractivity contribution in [3.63, 3.8) is 0 Å². The van der Waals surface area contributed by atoms with Crippen LogP contribution in [0.15, 0.2) is 18.2 Å². The summed E-state index contributed by atoms with van der Waals surface area (Å²) >= 11 is 0. The summed E-state index contributed by atoms with van der Waals surface area (Å²) in [5.74, 6) is 0.101. The van der Waals surface area contributed by atoms with Gasteiger partial charge in [0.25, 0.3) is 0 Å². The van der Waals surface area contributed by atoms with Gasteiger partial charge in [-0.2, -0.15) is 0 Å². The average Bonchev–Trinajstić information content (AvgIpc) is 3.46. The van der Waals surface area contributed by atoms with E-state index in [1.807, 2.05) is 39.0 Å². The average molecular weight is 710 g/mol. The Balaban J connectivity index is 2.37. The van der Waals surface area contributed by atoms with Gasteiger partial charge in [-0.05, 0) is 75.5 Å². The van der Waals surface area contributed by atoms with Gasteiger partial charge in [0.2, 0.25) is 18.6 Å². The van der Waals surface area contributed by atoms with Crippen molar-refractivity contribution in [1.82, 2.24) is 10.2 Å². The third-order valence-corrected chi connectivity index (χ3v) is 9.18. The molecule has 0 unspecified atom stereocenters. The second kappa shape index (κ2) is 20.2. The third-order valence-electron chi connectivity index (χ3n) is 9.18. The number of benzene rings is 1. The predicted molar refractivity (Wildman–Crippen MR) is 185 cm³/mol. The molecule has 14 nitrogen and oxygen atoms in total. The Bertz CT molecular complexity index is 1250. The summed E-state index contributed by atoms with van der Waals surface area (Å²) in [6.45, 7) is 14.6. The Morgan fingerprint density at radius 2 is 1.70 bits per heavy atom. The fourth-order valence-corrected chi connectivity index (χ4v) is 5.69. The van der Waals surface area contributed by atoms with Crippen molar-refractivity contribution in [3.8, 4) is 11.5 Å². The van der Waals surface area contributed by atoms with E-state index in [1.165, 1.54) is 4.90 Å². The van der Waals surface area contributed by atoms with E-state index in [0.29, 0.717) is 37.2 Å². The van der Waals surface area contributed by atoms with Crippen molar-refractivity contribution in [2.24, 2.45) is 34.8 Å². The van der Waals surface area contributed by atoms with Crippen molar-refractivity contribution < 1.29 is 52.3 Å². The van der Waals surface area contributed by atoms with Gasteiger partial charge in [0.05, 0.1) is 31.3 Å². The second-order valence-corrected chi connectivity index (χ2v) is 13.9. The highest BCUT2D eigenvalue weighted by Gasteiger charge is 2.43. The van der Waals surface area contributed by atoms with E-state index in [4.69, 9.17) is 38.9 Å². The van der Waals surface area contributed by atoms with Crippen molar-refractivity contribution in [2.45, 2.75) is 99.5 Å². The summed E-state index contributed by atoms with van der Waals surface area (Å²) in [6, 6.07) is 5.33. The van der Waals surface area contributed by atoms with E-state index in [9.17, 15) is 19.2 Å². The van der Waals surface area contributed by atoms with Gasteiger partial charge in [0.15, 0.2) is 17.8 Å². The smallest absolute Gasteiger partial charge is 0.493 e. The molecule has 0 spiro atoms. The number of hydrogen-bond donors (Lipinski definition) is 2. The summed E-state index contributed by atoms with van der Waals surface area (Å²) in [5.41, 5.74) is 5.61. The van der Waals surface area contributed by atoms with E-state index in [2.05, 4.69) is 19.2 Å². The Labute approximate surface area is 296 Å². The number of primary amides is 1. The molecule has 1 saturated heterocycles. The lowest BCUT2D eigenvalue weighted by Gasteiger charge is -2.33. The molecule has 1 aromatic carbocycles. The fourth-order valence-electron chi connectivity index (χ4n) is 5.69. The normalized spacial score (nSPS) is 18.0. The number of hydrogen-bond acceptors (Lipinski definition) is 11. The second-order valence-electron chi connectivity index (χ2n) is 13.9. The summed E-state index contributed by atoms with van der Waals surface area (Å²) in [6.07, 6.45) is -0.480. The zero-order valence-corrected chi connectivity index (χ0v) is 31.4. The lowest BCUT2D eigenvalue weighted by atomic mass is 9.80. The number of nitrogens with zero attached hydrogens (tertiary/aromatic N) is 1. The number of carbonyl (C=O) groups is 4. The number of rotatable bonds is 20. The van der Waals surface area contributed by atoms with Gasteiger partial charge in [-0.15, -0.1) is 0 Å². The standard InChI is InChI=1S/C36H59N3O11/c1-11-31(45-10)50-30-16-24(13-14-28(30)44-9)15-25(22(3)4)17-27-29(47-20-39(27)34(42)48-21-49-35(43)46-12-2)18-26(23(5)6)32(40)38-19-36(7,8)33(37)41/h13-14,16,22-23,25-27,29,31H,11-12,15,17-21H2,1-10H3,(H2,37,41)(H,38,40)/t25-,26-,27-,29-,31-/m0/s1. The van der Waals surface area contributed by atoms with E-state index >= 15 is 0 Å². The molecule has 5 atom stereocenters. The highest BCUT2D eigenvalue weighted by atomic mass is 16.8. The van der Waals surface area contributed by atoms with Crippen LogP contribution in [0.1, 0.15) is 80.2 Å². The Morgan fingerprint density at radius 1 is 1.00 bits per heavy atom. The summed E-state index contributed by atoms with van der Waals surface area (Å²) in [5, 5.41) is 2.89. The topological polar surface area (TPSA) is 174 Å². The van der Waals surface area contributed by atoms with Gasteiger partial charge in [-0.3, -0.25) is 14.5 Å². The van der Waals surface area contributed by atoms with E-state index < -0.39 is 54.7 Å². The molecular weight excluding hydrogens is 650 g/mol. The number of amides is 3. The molecule has 2 rings (SSSR count). The van der Waals surface area contributed by atoms with E-state index in [0.717, 1.165) is 5.56 Å². The molecule has 1 aliphatic heterocycles. The maximum atomic E-state index is 13.5. The molecule has 1 heterocycles. The van der Waals surface area contributed by atoms with Crippen LogP contribution in [0.25, 0.3) is 0 Å². The quantitative estimate of drug-likeness (QED) is 0.134. The SMILES string of the molecule is CCOC(=O)OCOC(=O)N1CO[C@@H](C[C@H](C(=O)NCC(C)(C)C(N)=O)C(C)C)[C@@H]1C[C@H](Cc1ccc(OC)c(O[C@@H](CC)OC)c1)C(C)C. The van der Waals surface area contributed by atoms with Gasteiger partial charge in [-0.25, -0.2) is 9.59 Å². The van der Waals surface area contributed by atoms with E-state index in [1.54, 1.807) is 35.0 Å². The molecule has 0 aromatic heterocycles. The van der Waals surface area contributed by atoms with Crippen LogP contribution >= 0.6 is 0 Å². The van der Waals surface area contributed by atoms with Crippen molar-refractivity contribution in [2.75, 3.05) is 40.9 Å². The van der Waals surface area contributed by atoms with Gasteiger partial charge >= 0.3 is 12.2 Å². The maximum Gasteiger partial charge on any atom is 0.511 e. The van der Waals surface area contributed by atoms with Gasteiger partial charge in [0, 0.05) is 26.0 Å². The molecule has 3 amide bonds. The largest absolute Gasteiger partial charge is 0.511 e. The Kier molecular flexibility index (Phi) is 17.1.